The first-order chi connectivity index (χ1) is 10.8. The summed E-state index contributed by atoms with van der Waals surface area (Å²) in [6.07, 6.45) is 9.49. The fraction of sp³-hybridized carbons (Fsp3) is 0.474. The highest BCUT2D eigenvalue weighted by atomic mass is 16.3. The molecule has 0 aliphatic rings. The predicted octanol–water partition coefficient (Wildman–Crippen LogP) is 4.37. The largest absolute Gasteiger partial charge is 0.508 e. The first-order valence-electron chi connectivity index (χ1n) is 8.34. The van der Waals surface area contributed by atoms with Crippen molar-refractivity contribution in [1.29, 1.82) is 0 Å². The molecule has 3 heteroatoms. The number of aliphatic hydroxyl groups is 1. The van der Waals surface area contributed by atoms with Gasteiger partial charge in [0.25, 0.3) is 0 Å². The second kappa shape index (κ2) is 8.64. The van der Waals surface area contributed by atoms with Gasteiger partial charge >= 0.3 is 0 Å². The fourth-order valence-corrected chi connectivity index (χ4v) is 2.90. The van der Waals surface area contributed by atoms with E-state index in [1.54, 1.807) is 12.1 Å². The molecular weight excluding hydrogens is 274 g/mol. The Labute approximate surface area is 133 Å². The first-order valence-corrected chi connectivity index (χ1v) is 8.34. The summed E-state index contributed by atoms with van der Waals surface area (Å²) in [6, 6.07) is 9.49. The molecule has 120 valence electrons. The van der Waals surface area contributed by atoms with Gasteiger partial charge in [0, 0.05) is 12.7 Å². The topological polar surface area (TPSA) is 45.4 Å². The van der Waals surface area contributed by atoms with Crippen LogP contribution in [0.4, 0.5) is 0 Å². The summed E-state index contributed by atoms with van der Waals surface area (Å²) in [6.45, 7) is 2.97. The van der Waals surface area contributed by atoms with Gasteiger partial charge in [-0.05, 0) is 54.3 Å². The summed E-state index contributed by atoms with van der Waals surface area (Å²) in [5.74, 6) is 0.283. The Kier molecular flexibility index (Phi) is 6.53. The maximum absolute atomic E-state index is 9.47. The van der Waals surface area contributed by atoms with Crippen LogP contribution in [-0.4, -0.2) is 21.4 Å². The van der Waals surface area contributed by atoms with Crippen molar-refractivity contribution in [2.75, 3.05) is 6.61 Å². The van der Waals surface area contributed by atoms with Crippen molar-refractivity contribution in [3.05, 3.63) is 42.1 Å². The lowest BCUT2D eigenvalue weighted by Crippen LogP contribution is -2.03. The van der Waals surface area contributed by atoms with E-state index in [2.05, 4.69) is 23.8 Å². The van der Waals surface area contributed by atoms with Crippen molar-refractivity contribution in [2.45, 2.75) is 52.0 Å². The zero-order chi connectivity index (χ0) is 15.8. The van der Waals surface area contributed by atoms with Crippen molar-refractivity contribution in [1.82, 2.24) is 4.57 Å². The molecule has 1 aromatic heterocycles. The highest BCUT2D eigenvalue weighted by Gasteiger charge is 2.11. The van der Waals surface area contributed by atoms with Crippen molar-refractivity contribution in [2.24, 2.45) is 0 Å². The number of nitrogens with zero attached hydrogens (tertiary/aromatic N) is 1. The smallest absolute Gasteiger partial charge is 0.115 e. The van der Waals surface area contributed by atoms with Crippen molar-refractivity contribution in [3.63, 3.8) is 0 Å². The molecule has 2 rings (SSSR count). The number of aryl methyl sites for hydroxylation is 1. The van der Waals surface area contributed by atoms with E-state index < -0.39 is 0 Å². The zero-order valence-electron chi connectivity index (χ0n) is 13.5. The Balaban J connectivity index is 2.14. The summed E-state index contributed by atoms with van der Waals surface area (Å²) in [4.78, 5) is 0. The molecule has 0 spiro atoms. The Morgan fingerprint density at radius 1 is 0.955 bits per heavy atom. The minimum absolute atomic E-state index is 0.135. The summed E-state index contributed by atoms with van der Waals surface area (Å²) >= 11 is 0. The number of hydrogen-bond donors (Lipinski definition) is 2. The van der Waals surface area contributed by atoms with E-state index in [0.29, 0.717) is 6.54 Å². The summed E-state index contributed by atoms with van der Waals surface area (Å²) in [7, 11) is 0. The van der Waals surface area contributed by atoms with Crippen LogP contribution in [0.1, 0.15) is 44.6 Å². The zero-order valence-corrected chi connectivity index (χ0v) is 13.5. The van der Waals surface area contributed by atoms with Gasteiger partial charge in [0.1, 0.15) is 5.75 Å². The number of phenols is 1. The van der Waals surface area contributed by atoms with Gasteiger partial charge in [-0.25, -0.2) is 0 Å². The number of benzene rings is 1. The van der Waals surface area contributed by atoms with Crippen LogP contribution in [0.5, 0.6) is 5.75 Å². The molecule has 0 unspecified atom stereocenters. The SMILES string of the molecule is CCCCCCCc1ccn(CCO)c1-c1ccc(O)cc1. The lowest BCUT2D eigenvalue weighted by atomic mass is 10.0. The molecule has 0 aliphatic heterocycles. The van der Waals surface area contributed by atoms with Crippen molar-refractivity contribution in [3.8, 4) is 17.0 Å². The minimum Gasteiger partial charge on any atom is -0.508 e. The number of aromatic hydroxyl groups is 1. The third-order valence-corrected chi connectivity index (χ3v) is 4.08. The van der Waals surface area contributed by atoms with Gasteiger partial charge in [-0.15, -0.1) is 0 Å². The fourth-order valence-electron chi connectivity index (χ4n) is 2.90. The van der Waals surface area contributed by atoms with Gasteiger partial charge in [0.05, 0.1) is 12.3 Å². The molecule has 3 nitrogen and oxygen atoms in total. The predicted molar refractivity (Wildman–Crippen MR) is 91.1 cm³/mol. The van der Waals surface area contributed by atoms with Crippen LogP contribution < -0.4 is 0 Å². The van der Waals surface area contributed by atoms with Gasteiger partial charge in [-0.1, -0.05) is 32.6 Å². The number of aliphatic hydroxyl groups excluding tert-OH is 1. The highest BCUT2D eigenvalue weighted by Crippen LogP contribution is 2.28. The molecule has 0 saturated carbocycles. The van der Waals surface area contributed by atoms with Crippen molar-refractivity contribution < 1.29 is 10.2 Å². The summed E-state index contributed by atoms with van der Waals surface area (Å²) in [5.41, 5.74) is 3.60. The highest BCUT2D eigenvalue weighted by molar-refractivity contribution is 5.65. The number of hydrogen-bond acceptors (Lipinski definition) is 2. The first kappa shape index (κ1) is 16.6. The molecule has 2 aromatic rings. The monoisotopic (exact) mass is 301 g/mol. The standard InChI is InChI=1S/C19H27NO2/c1-2-3-4-5-6-7-16-12-13-20(14-15-21)19(16)17-8-10-18(22)11-9-17/h8-13,21-22H,2-7,14-15H2,1H3. The third kappa shape index (κ3) is 4.38. The second-order valence-corrected chi connectivity index (χ2v) is 5.82. The second-order valence-electron chi connectivity index (χ2n) is 5.82. The molecule has 0 atom stereocenters. The molecule has 0 fully saturated rings. The van der Waals surface area contributed by atoms with Crippen LogP contribution in [0, 0.1) is 0 Å². The molecule has 22 heavy (non-hydrogen) atoms. The van der Waals surface area contributed by atoms with Gasteiger partial charge in [0.2, 0.25) is 0 Å². The van der Waals surface area contributed by atoms with Crippen molar-refractivity contribution >= 4 is 0 Å². The molecular formula is C19H27NO2. The summed E-state index contributed by atoms with van der Waals surface area (Å²) < 4.78 is 2.10. The van der Waals surface area contributed by atoms with E-state index in [0.717, 1.165) is 12.0 Å². The van der Waals surface area contributed by atoms with Crippen LogP contribution in [0.3, 0.4) is 0 Å². The molecule has 0 radical (unpaired) electrons. The lowest BCUT2D eigenvalue weighted by molar-refractivity contribution is 0.277. The van der Waals surface area contributed by atoms with E-state index in [-0.39, 0.29) is 12.4 Å². The average molecular weight is 301 g/mol. The van der Waals surface area contributed by atoms with Crippen LogP contribution in [0.15, 0.2) is 36.5 Å². The van der Waals surface area contributed by atoms with Gasteiger partial charge in [0.15, 0.2) is 0 Å². The van der Waals surface area contributed by atoms with E-state index >= 15 is 0 Å². The molecule has 0 amide bonds. The van der Waals surface area contributed by atoms with Gasteiger partial charge < -0.3 is 14.8 Å². The van der Waals surface area contributed by atoms with E-state index in [4.69, 9.17) is 0 Å². The van der Waals surface area contributed by atoms with Crippen LogP contribution >= 0.6 is 0 Å². The van der Waals surface area contributed by atoms with Gasteiger partial charge in [-0.2, -0.15) is 0 Å². The maximum Gasteiger partial charge on any atom is 0.115 e. The van der Waals surface area contributed by atoms with Gasteiger partial charge in [-0.3, -0.25) is 0 Å². The van der Waals surface area contributed by atoms with Crippen LogP contribution in [0.2, 0.25) is 0 Å². The maximum atomic E-state index is 9.47. The lowest BCUT2D eigenvalue weighted by Gasteiger charge is -2.11. The number of rotatable bonds is 9. The normalized spacial score (nSPS) is 11.0. The minimum atomic E-state index is 0.135. The Bertz CT molecular complexity index is 557. The van der Waals surface area contributed by atoms with Crippen LogP contribution in [-0.2, 0) is 13.0 Å². The quantitative estimate of drug-likeness (QED) is 0.676. The Morgan fingerprint density at radius 3 is 2.36 bits per heavy atom. The number of phenolic OH excluding ortho intramolecular Hbond substituents is 1. The van der Waals surface area contributed by atoms with E-state index in [9.17, 15) is 10.2 Å². The molecule has 1 aromatic carbocycles. The van der Waals surface area contributed by atoms with Crippen LogP contribution in [0.25, 0.3) is 11.3 Å². The Morgan fingerprint density at radius 2 is 1.68 bits per heavy atom. The number of unbranched alkanes of at least 4 members (excludes halogenated alkanes) is 4. The van der Waals surface area contributed by atoms with E-state index in [1.165, 1.54) is 43.4 Å². The average Bonchev–Trinajstić information content (AvgIpc) is 2.91. The molecule has 1 heterocycles. The van der Waals surface area contributed by atoms with E-state index in [1.807, 2.05) is 12.1 Å². The summed E-state index contributed by atoms with van der Waals surface area (Å²) in [5, 5.41) is 18.7. The molecule has 2 N–H and O–H groups in total. The Hall–Kier alpha value is -1.74. The number of aromatic nitrogens is 1. The molecule has 0 saturated heterocycles. The molecule has 0 bridgehead atoms. The third-order valence-electron chi connectivity index (χ3n) is 4.08. The molecule has 0 aliphatic carbocycles.